The van der Waals surface area contributed by atoms with Gasteiger partial charge in [-0.1, -0.05) is 81.1 Å². The number of allylic oxidation sites excluding steroid dienone is 4. The number of piperazine rings is 1. The molecule has 6 atom stereocenters. The first-order valence-electron chi connectivity index (χ1n) is 27.6. The monoisotopic (exact) mass is 1160 g/mol. The number of fused-ring (bicyclic) bond motifs is 2. The third-order valence-electron chi connectivity index (χ3n) is 14.5. The van der Waals surface area contributed by atoms with Gasteiger partial charge < -0.3 is 50.6 Å². The summed E-state index contributed by atoms with van der Waals surface area (Å²) < 4.78 is 22.4. The van der Waals surface area contributed by atoms with Gasteiger partial charge in [0.05, 0.1) is 51.2 Å². The topological polar surface area (TPSA) is 267 Å². The maximum atomic E-state index is 14.1. The van der Waals surface area contributed by atoms with E-state index in [0.29, 0.717) is 78.8 Å². The molecular weight excluding hydrogens is 1080 g/mol. The molecule has 0 unspecified atom stereocenters. The lowest BCUT2D eigenvalue weighted by Gasteiger charge is -2.35. The molecule has 2 aromatic heterocycles. The number of hydrogen-bond donors (Lipinski definition) is 5. The molecule has 4 heterocycles. The molecule has 3 aromatic rings. The van der Waals surface area contributed by atoms with E-state index in [1.165, 1.54) is 31.6 Å². The minimum absolute atomic E-state index is 0.147. The number of ether oxygens (including phenoxy) is 4. The number of hydrogen-bond acceptors (Lipinski definition) is 18. The summed E-state index contributed by atoms with van der Waals surface area (Å²) in [7, 11) is 2.92. The van der Waals surface area contributed by atoms with Crippen LogP contribution in [0.25, 0.3) is 0 Å². The summed E-state index contributed by atoms with van der Waals surface area (Å²) in [6.45, 7) is 15.2. The Balaban J connectivity index is 0.925. The minimum Gasteiger partial charge on any atom is -0.464 e. The second-order valence-corrected chi connectivity index (χ2v) is 22.4. The fourth-order valence-electron chi connectivity index (χ4n) is 9.96. The molecule has 2 bridgehead atoms. The molecular formula is C59H78ClN9O11S. The van der Waals surface area contributed by atoms with Gasteiger partial charge in [0.15, 0.2) is 6.10 Å². The number of carbonyl (C=O) groups excluding carboxylic acids is 6. The fraction of sp³-hybridized carbons (Fsp3) is 0.508. The van der Waals surface area contributed by atoms with Crippen LogP contribution in [0, 0.1) is 25.7 Å². The number of amides is 3. The summed E-state index contributed by atoms with van der Waals surface area (Å²) in [6, 6.07) is 7.44. The van der Waals surface area contributed by atoms with Crippen LogP contribution in [0.2, 0.25) is 5.02 Å². The number of nitrogens with two attached hydrogens (primary N) is 1. The van der Waals surface area contributed by atoms with Gasteiger partial charge in [-0.15, -0.1) is 11.3 Å². The van der Waals surface area contributed by atoms with E-state index in [4.69, 9.17) is 41.3 Å². The van der Waals surface area contributed by atoms with E-state index >= 15 is 0 Å². The van der Waals surface area contributed by atoms with Crippen LogP contribution < -0.4 is 26.6 Å². The number of aliphatic hydroxyl groups is 1. The zero-order valence-corrected chi connectivity index (χ0v) is 49.3. The van der Waals surface area contributed by atoms with Crippen LogP contribution in [0.1, 0.15) is 111 Å². The quantitative estimate of drug-likeness (QED) is 0.0319. The van der Waals surface area contributed by atoms with Gasteiger partial charge in [0, 0.05) is 95.5 Å². The van der Waals surface area contributed by atoms with Crippen molar-refractivity contribution in [1.82, 2.24) is 30.5 Å². The highest BCUT2D eigenvalue weighted by atomic mass is 35.5. The Bertz CT molecular complexity index is 2870. The van der Waals surface area contributed by atoms with Gasteiger partial charge in [0.1, 0.15) is 29.2 Å². The highest BCUT2D eigenvalue weighted by Crippen LogP contribution is 2.31. The zero-order chi connectivity index (χ0) is 58.8. The fourth-order valence-corrected chi connectivity index (χ4v) is 11.1. The molecule has 1 fully saturated rings. The molecule has 0 spiro atoms. The maximum Gasteiger partial charge on any atom is 0.405 e. The van der Waals surface area contributed by atoms with Gasteiger partial charge in [-0.25, -0.2) is 19.7 Å². The van der Waals surface area contributed by atoms with Crippen molar-refractivity contribution >= 4 is 69.9 Å². The van der Waals surface area contributed by atoms with Crippen LogP contribution in [0.5, 0.6) is 0 Å². The van der Waals surface area contributed by atoms with Gasteiger partial charge in [-0.2, -0.15) is 0 Å². The molecule has 6 rings (SSSR count). The Kier molecular flexibility index (Phi) is 24.3. The molecule has 6 N–H and O–H groups in total. The summed E-state index contributed by atoms with van der Waals surface area (Å²) in [6.07, 6.45) is 9.80. The molecule has 1 aliphatic carbocycles. The first-order chi connectivity index (χ1) is 38.7. The number of aliphatic hydroxyl groups excluding tert-OH is 1. The number of benzene rings is 1. The number of primary amides is 1. The minimum atomic E-state index is -1.02. The molecule has 2 aliphatic heterocycles. The van der Waals surface area contributed by atoms with E-state index in [1.54, 1.807) is 51.3 Å². The number of esters is 1. The van der Waals surface area contributed by atoms with Crippen LogP contribution in [0.3, 0.4) is 0 Å². The molecule has 1 saturated heterocycles. The van der Waals surface area contributed by atoms with Crippen molar-refractivity contribution in [3.63, 3.8) is 0 Å². The van der Waals surface area contributed by atoms with Gasteiger partial charge in [-0.05, 0) is 76.5 Å². The molecule has 438 valence electrons. The number of Topliss-reactive ketones (excluding diaryl/α,β-unsaturated/α-hetero) is 1. The van der Waals surface area contributed by atoms with Crippen molar-refractivity contribution in [2.75, 3.05) is 70.3 Å². The molecule has 1 aromatic carbocycles. The van der Waals surface area contributed by atoms with Crippen LogP contribution in [-0.4, -0.2) is 145 Å². The SMILES string of the molecule is CO[C@H]1/C=C\C=C(/C)C(=O)NC2=CC(=O)C(NCCCCCCCC(=O)OCCN3CCN(c4cc(Cc5ncc(C(=O)Nc6c(C)cccc6Cl)s5)nc(C)n4)CC3)=C(C[C@@H](C)C[C@H](OC)[C@@H](O)[C@@H](C)/C=C(\C)[C@@H]1OC(N)=O)C2=O. The lowest BCUT2D eigenvalue weighted by Crippen LogP contribution is -2.47. The number of methoxy groups -OCH3 is 2. The summed E-state index contributed by atoms with van der Waals surface area (Å²) in [5, 5.41) is 21.5. The van der Waals surface area contributed by atoms with E-state index in [1.807, 2.05) is 39.0 Å². The van der Waals surface area contributed by atoms with Gasteiger partial charge in [0.2, 0.25) is 11.6 Å². The number of halogens is 1. The molecule has 20 nitrogen and oxygen atoms in total. The summed E-state index contributed by atoms with van der Waals surface area (Å²) in [5.41, 5.74) is 8.74. The Morgan fingerprint density at radius 2 is 1.72 bits per heavy atom. The van der Waals surface area contributed by atoms with Crippen molar-refractivity contribution in [2.24, 2.45) is 17.6 Å². The molecule has 3 amide bonds. The number of anilines is 2. The highest BCUT2D eigenvalue weighted by Gasteiger charge is 2.34. The second kappa shape index (κ2) is 31.0. The molecule has 3 aliphatic rings. The molecule has 22 heteroatoms. The second-order valence-electron chi connectivity index (χ2n) is 20.9. The normalized spacial score (nSPS) is 23.4. The Labute approximate surface area is 483 Å². The number of thiazole rings is 1. The average Bonchev–Trinajstić information content (AvgIpc) is 3.94. The van der Waals surface area contributed by atoms with E-state index < -0.39 is 53.9 Å². The predicted octanol–water partition coefficient (Wildman–Crippen LogP) is 7.42. The van der Waals surface area contributed by atoms with E-state index in [0.717, 1.165) is 73.6 Å². The van der Waals surface area contributed by atoms with Crippen molar-refractivity contribution < 1.29 is 52.8 Å². The van der Waals surface area contributed by atoms with Crippen molar-refractivity contribution in [3.8, 4) is 0 Å². The summed E-state index contributed by atoms with van der Waals surface area (Å²) in [5.74, 6) is -1.28. The lowest BCUT2D eigenvalue weighted by atomic mass is 9.85. The van der Waals surface area contributed by atoms with Gasteiger partial charge in [0.25, 0.3) is 11.8 Å². The van der Waals surface area contributed by atoms with Crippen LogP contribution >= 0.6 is 22.9 Å². The smallest absolute Gasteiger partial charge is 0.405 e. The zero-order valence-electron chi connectivity index (χ0n) is 47.7. The lowest BCUT2D eigenvalue weighted by molar-refractivity contribution is -0.144. The number of nitrogens with zero attached hydrogens (tertiary/aromatic N) is 5. The van der Waals surface area contributed by atoms with E-state index in [-0.39, 0.29) is 46.8 Å². The molecule has 0 saturated carbocycles. The number of rotatable bonds is 20. The van der Waals surface area contributed by atoms with Crippen molar-refractivity contribution in [3.05, 3.63) is 121 Å². The highest BCUT2D eigenvalue weighted by molar-refractivity contribution is 7.13. The van der Waals surface area contributed by atoms with Crippen LogP contribution in [0.15, 0.2) is 89.0 Å². The van der Waals surface area contributed by atoms with E-state index in [2.05, 4.69) is 35.7 Å². The Morgan fingerprint density at radius 3 is 2.43 bits per heavy atom. The summed E-state index contributed by atoms with van der Waals surface area (Å²) >= 11 is 7.64. The first kappa shape index (κ1) is 63.6. The number of nitrogens with one attached hydrogen (secondary N) is 3. The maximum absolute atomic E-state index is 14.1. The number of carbonyl (C=O) groups is 6. The van der Waals surface area contributed by atoms with E-state index in [9.17, 15) is 33.9 Å². The molecule has 0 radical (unpaired) electrons. The third kappa shape index (κ3) is 18.7. The van der Waals surface area contributed by atoms with Crippen molar-refractivity contribution in [2.45, 2.75) is 124 Å². The van der Waals surface area contributed by atoms with Crippen molar-refractivity contribution in [1.29, 1.82) is 0 Å². The third-order valence-corrected chi connectivity index (χ3v) is 15.8. The number of unbranched alkanes of at least 4 members (excludes halogenated alkanes) is 4. The average molecular weight is 1160 g/mol. The number of aryl methyl sites for hydroxylation is 2. The predicted molar refractivity (Wildman–Crippen MR) is 311 cm³/mol. The standard InChI is InChI=1S/C59H78ClN9O11S/c1-35-28-42-53(45(70)33-44(55(42)73)66-57(74)37(3)17-15-19-46(77-7)56(80-59(61)76)39(5)30-38(4)54(72)47(29-35)78-8)62-21-13-11-9-10-12-20-51(71)79-27-26-68-22-24-69(25-23-68)49-31-41(64-40(6)65-49)32-50-63-34-48(81-50)58(75)67-52-36(2)16-14-18-43(52)60/h14-19,30-31,33-35,38,46-47,54,56,62,72H,9-13,20-29,32H2,1-8H3,(H2,61,76)(H,66,74)(H,67,75)/b19-15-,37-17+,39-30+/t35-,38+,46+,47+,54+,56+/m1/s1. The number of para-hydroxylation sites is 1. The number of aromatic nitrogens is 3. The Morgan fingerprint density at radius 1 is 0.975 bits per heavy atom. The Hall–Kier alpha value is -6.62. The van der Waals surface area contributed by atoms with Gasteiger partial charge >= 0.3 is 12.1 Å². The molecule has 81 heavy (non-hydrogen) atoms. The number of ketones is 2. The van der Waals surface area contributed by atoms with Crippen LogP contribution in [-0.2, 0) is 44.5 Å². The summed E-state index contributed by atoms with van der Waals surface area (Å²) in [4.78, 5) is 97.7. The largest absolute Gasteiger partial charge is 0.464 e. The van der Waals surface area contributed by atoms with Gasteiger partial charge in [-0.3, -0.25) is 28.9 Å². The first-order valence-corrected chi connectivity index (χ1v) is 28.7. The van der Waals surface area contributed by atoms with Crippen LogP contribution in [0.4, 0.5) is 16.3 Å².